The first-order valence-corrected chi connectivity index (χ1v) is 10.8. The molecule has 0 radical (unpaired) electrons. The fraction of sp³-hybridized carbons (Fsp3) is 0.273. The molecule has 0 bridgehead atoms. The van der Waals surface area contributed by atoms with Crippen molar-refractivity contribution in [1.82, 2.24) is 9.78 Å². The van der Waals surface area contributed by atoms with Gasteiger partial charge in [0.15, 0.2) is 23.2 Å². The average Bonchev–Trinajstić information content (AvgIpc) is 3.23. The number of nitrogens with zero attached hydrogens (tertiary/aromatic N) is 2. The maximum atomic E-state index is 14.0. The number of nitrogens with one attached hydrogen (secondary N) is 2. The van der Waals surface area contributed by atoms with Crippen molar-refractivity contribution in [1.29, 1.82) is 0 Å². The van der Waals surface area contributed by atoms with Crippen LogP contribution in [0.15, 0.2) is 42.5 Å². The summed E-state index contributed by atoms with van der Waals surface area (Å²) in [5.41, 5.74) is 0.625. The van der Waals surface area contributed by atoms with E-state index in [0.717, 1.165) is 4.68 Å². The van der Waals surface area contributed by atoms with Crippen LogP contribution in [-0.4, -0.2) is 36.1 Å². The Balaban J connectivity index is 1.65. The summed E-state index contributed by atoms with van der Waals surface area (Å²) in [5, 5.41) is 10.1. The minimum atomic E-state index is -4.59. The van der Waals surface area contributed by atoms with E-state index in [1.165, 1.54) is 38.5 Å². The van der Waals surface area contributed by atoms with E-state index in [2.05, 4.69) is 15.7 Å². The average molecular weight is 515 g/mol. The molecule has 0 saturated heterocycles. The summed E-state index contributed by atoms with van der Waals surface area (Å²) < 4.78 is 53.1. The monoisotopic (exact) mass is 514 g/mol. The second-order valence-electron chi connectivity index (χ2n) is 7.54. The normalized spacial score (nSPS) is 17.5. The number of anilines is 2. The van der Waals surface area contributed by atoms with Crippen LogP contribution < -0.4 is 20.1 Å². The maximum absolute atomic E-state index is 14.0. The molecule has 1 aromatic heterocycles. The van der Waals surface area contributed by atoms with E-state index >= 15 is 0 Å². The highest BCUT2D eigenvalue weighted by Crippen LogP contribution is 2.44. The Kier molecular flexibility index (Phi) is 6.55. The molecule has 1 amide bonds. The summed E-state index contributed by atoms with van der Waals surface area (Å²) >= 11 is 11.9. The van der Waals surface area contributed by atoms with E-state index in [1.54, 1.807) is 18.2 Å². The second kappa shape index (κ2) is 9.27. The Morgan fingerprint density at radius 3 is 2.50 bits per heavy atom. The molecule has 12 heteroatoms. The molecule has 7 nitrogen and oxygen atoms in total. The van der Waals surface area contributed by atoms with E-state index in [0.29, 0.717) is 22.1 Å². The molecule has 2 aromatic carbocycles. The third-order valence-electron chi connectivity index (χ3n) is 5.41. The molecule has 0 spiro atoms. The molecular weight excluding hydrogens is 496 g/mol. The number of rotatable bonds is 5. The summed E-state index contributed by atoms with van der Waals surface area (Å²) in [6, 6.07) is 7.97. The van der Waals surface area contributed by atoms with E-state index < -0.39 is 24.2 Å². The number of carbonyl (C=O) groups is 1. The van der Waals surface area contributed by atoms with Crippen LogP contribution >= 0.6 is 23.2 Å². The van der Waals surface area contributed by atoms with Crippen molar-refractivity contribution < 1.29 is 27.4 Å². The standard InChI is InChI=1S/C22H19Cl2F3N4O3/c1-33-17-6-3-11(7-18(17)34-2)15-9-19(22(25,26)27)31-20(28-15)10-16(30-31)21(32)29-14-5-4-12(23)8-13(14)24/h3-8,10,15,19,28H,9H2,1-2H3,(H,29,32)/t15-,19-/m0/s1. The van der Waals surface area contributed by atoms with Crippen molar-refractivity contribution in [3.63, 3.8) is 0 Å². The highest BCUT2D eigenvalue weighted by Gasteiger charge is 2.47. The number of alkyl halides is 3. The van der Waals surface area contributed by atoms with Crippen molar-refractivity contribution in [2.45, 2.75) is 24.7 Å². The minimum Gasteiger partial charge on any atom is -0.493 e. The zero-order chi connectivity index (χ0) is 24.6. The van der Waals surface area contributed by atoms with Crippen molar-refractivity contribution in [3.8, 4) is 11.5 Å². The van der Waals surface area contributed by atoms with Crippen molar-refractivity contribution >= 4 is 40.6 Å². The van der Waals surface area contributed by atoms with Crippen molar-refractivity contribution in [2.24, 2.45) is 0 Å². The van der Waals surface area contributed by atoms with Gasteiger partial charge in [0.1, 0.15) is 5.82 Å². The van der Waals surface area contributed by atoms with Crippen LogP contribution in [0.4, 0.5) is 24.7 Å². The highest BCUT2D eigenvalue weighted by atomic mass is 35.5. The molecule has 3 aromatic rings. The lowest BCUT2D eigenvalue weighted by Gasteiger charge is -2.33. The van der Waals surface area contributed by atoms with Crippen LogP contribution in [0.1, 0.15) is 34.6 Å². The van der Waals surface area contributed by atoms with Gasteiger partial charge in [0, 0.05) is 17.5 Å². The number of fused-ring (bicyclic) bond motifs is 1. The number of hydrogen-bond donors (Lipinski definition) is 2. The van der Waals surface area contributed by atoms with E-state index in [-0.39, 0.29) is 28.6 Å². The Morgan fingerprint density at radius 2 is 1.85 bits per heavy atom. The Morgan fingerprint density at radius 1 is 1.12 bits per heavy atom. The Bertz CT molecular complexity index is 1230. The van der Waals surface area contributed by atoms with Gasteiger partial charge in [0.25, 0.3) is 5.91 Å². The molecule has 0 aliphatic carbocycles. The lowest BCUT2D eigenvalue weighted by atomic mass is 9.96. The topological polar surface area (TPSA) is 77.4 Å². The fourth-order valence-electron chi connectivity index (χ4n) is 3.75. The number of hydrogen-bond acceptors (Lipinski definition) is 5. The van der Waals surface area contributed by atoms with Gasteiger partial charge >= 0.3 is 6.18 Å². The van der Waals surface area contributed by atoms with Gasteiger partial charge in [0.2, 0.25) is 0 Å². The predicted octanol–water partition coefficient (Wildman–Crippen LogP) is 6.12. The first-order chi connectivity index (χ1) is 16.1. The van der Waals surface area contributed by atoms with Gasteiger partial charge in [0.05, 0.1) is 31.0 Å². The SMILES string of the molecule is COc1ccc([C@@H]2C[C@@H](C(F)(F)F)n3nc(C(=O)Nc4ccc(Cl)cc4Cl)cc3N2)cc1OC. The molecule has 1 aliphatic heterocycles. The smallest absolute Gasteiger partial charge is 0.410 e. The van der Waals surface area contributed by atoms with Gasteiger partial charge in [-0.05, 0) is 35.9 Å². The fourth-order valence-corrected chi connectivity index (χ4v) is 4.21. The molecule has 2 atom stereocenters. The number of amides is 1. The van der Waals surface area contributed by atoms with Gasteiger partial charge in [-0.25, -0.2) is 4.68 Å². The number of methoxy groups -OCH3 is 2. The third kappa shape index (κ3) is 4.74. The quantitative estimate of drug-likeness (QED) is 0.428. The van der Waals surface area contributed by atoms with Crippen molar-refractivity contribution in [3.05, 3.63) is 63.8 Å². The molecule has 180 valence electrons. The summed E-state index contributed by atoms with van der Waals surface area (Å²) in [7, 11) is 2.92. The van der Waals surface area contributed by atoms with Crippen LogP contribution in [0.2, 0.25) is 10.0 Å². The number of halogens is 5. The Hall–Kier alpha value is -3.11. The number of aromatic nitrogens is 2. The van der Waals surface area contributed by atoms with Gasteiger partial charge in [-0.3, -0.25) is 4.79 Å². The maximum Gasteiger partial charge on any atom is 0.410 e. The third-order valence-corrected chi connectivity index (χ3v) is 5.96. The number of ether oxygens (including phenoxy) is 2. The predicted molar refractivity (Wildman–Crippen MR) is 122 cm³/mol. The van der Waals surface area contributed by atoms with Gasteiger partial charge in [-0.1, -0.05) is 29.3 Å². The van der Waals surface area contributed by atoms with Gasteiger partial charge < -0.3 is 20.1 Å². The molecule has 0 saturated carbocycles. The summed E-state index contributed by atoms with van der Waals surface area (Å²) in [6.45, 7) is 0. The van der Waals surface area contributed by atoms with E-state index in [9.17, 15) is 18.0 Å². The van der Waals surface area contributed by atoms with Crippen LogP contribution in [0.5, 0.6) is 11.5 Å². The minimum absolute atomic E-state index is 0.0562. The summed E-state index contributed by atoms with van der Waals surface area (Å²) in [4.78, 5) is 12.7. The van der Waals surface area contributed by atoms with Crippen LogP contribution in [0.3, 0.4) is 0 Å². The summed E-state index contributed by atoms with van der Waals surface area (Å²) in [5.74, 6) is 0.195. The molecule has 4 rings (SSSR count). The van der Waals surface area contributed by atoms with Crippen LogP contribution in [-0.2, 0) is 0 Å². The lowest BCUT2D eigenvalue weighted by Crippen LogP contribution is -2.35. The molecule has 0 unspecified atom stereocenters. The summed E-state index contributed by atoms with van der Waals surface area (Å²) in [6.07, 6.45) is -4.93. The molecule has 1 aliphatic rings. The largest absolute Gasteiger partial charge is 0.493 e. The molecule has 2 N–H and O–H groups in total. The first kappa shape index (κ1) is 24.0. The van der Waals surface area contributed by atoms with Crippen LogP contribution in [0.25, 0.3) is 0 Å². The van der Waals surface area contributed by atoms with Crippen molar-refractivity contribution in [2.75, 3.05) is 24.9 Å². The van der Waals surface area contributed by atoms with E-state index in [1.807, 2.05) is 0 Å². The highest BCUT2D eigenvalue weighted by molar-refractivity contribution is 6.36. The number of carbonyl (C=O) groups excluding carboxylic acids is 1. The van der Waals surface area contributed by atoms with E-state index in [4.69, 9.17) is 32.7 Å². The molecule has 0 fully saturated rings. The van der Waals surface area contributed by atoms with Gasteiger partial charge in [-0.2, -0.15) is 18.3 Å². The second-order valence-corrected chi connectivity index (χ2v) is 8.39. The Labute approximate surface area is 202 Å². The zero-order valence-electron chi connectivity index (χ0n) is 17.9. The molecule has 2 heterocycles. The van der Waals surface area contributed by atoms with Crippen LogP contribution in [0, 0.1) is 0 Å². The molecular formula is C22H19Cl2F3N4O3. The zero-order valence-corrected chi connectivity index (χ0v) is 19.4. The first-order valence-electron chi connectivity index (χ1n) is 10.0. The molecule has 34 heavy (non-hydrogen) atoms. The number of benzene rings is 2. The van der Waals surface area contributed by atoms with Gasteiger partial charge in [-0.15, -0.1) is 0 Å². The lowest BCUT2D eigenvalue weighted by molar-refractivity contribution is -0.173.